The molecule has 0 aliphatic heterocycles. The Labute approximate surface area is 114 Å². The summed E-state index contributed by atoms with van der Waals surface area (Å²) < 4.78 is 2.70. The Bertz CT molecular complexity index is 537. The molecule has 6 heteroatoms. The van der Waals surface area contributed by atoms with Crippen LogP contribution in [0.2, 0.25) is 0 Å². The number of nitrogens with two attached hydrogens (primary N) is 2. The van der Waals surface area contributed by atoms with E-state index in [0.29, 0.717) is 5.82 Å². The number of anilines is 1. The van der Waals surface area contributed by atoms with Crippen LogP contribution in [0.5, 0.6) is 0 Å². The molecule has 0 saturated carbocycles. The summed E-state index contributed by atoms with van der Waals surface area (Å²) in [6.45, 7) is 0. The Hall–Kier alpha value is -1.37. The van der Waals surface area contributed by atoms with Crippen LogP contribution >= 0.6 is 15.9 Å². The number of nitrogen functional groups attached to an aromatic ring is 1. The fourth-order valence-electron chi connectivity index (χ4n) is 1.87. The van der Waals surface area contributed by atoms with E-state index in [9.17, 15) is 0 Å². The monoisotopic (exact) mass is 309 g/mol. The van der Waals surface area contributed by atoms with Crippen LogP contribution in [-0.4, -0.2) is 9.78 Å². The van der Waals surface area contributed by atoms with Gasteiger partial charge in [-0.05, 0) is 18.1 Å². The lowest BCUT2D eigenvalue weighted by Crippen LogP contribution is -2.30. The van der Waals surface area contributed by atoms with Gasteiger partial charge in [0, 0.05) is 17.1 Å². The predicted molar refractivity (Wildman–Crippen MR) is 75.5 cm³/mol. The Morgan fingerprint density at radius 2 is 2.17 bits per heavy atom. The van der Waals surface area contributed by atoms with E-state index in [1.165, 1.54) is 5.56 Å². The zero-order chi connectivity index (χ0) is 13.1. The second-order valence-corrected chi connectivity index (χ2v) is 4.98. The topological polar surface area (TPSA) is 81.9 Å². The highest BCUT2D eigenvalue weighted by Gasteiger charge is 2.17. The van der Waals surface area contributed by atoms with Gasteiger partial charge in [0.05, 0.1) is 12.2 Å². The third-order valence-corrected chi connectivity index (χ3v) is 3.75. The van der Waals surface area contributed by atoms with Crippen LogP contribution in [0, 0.1) is 0 Å². The number of hydrazine groups is 1. The van der Waals surface area contributed by atoms with E-state index in [-0.39, 0.29) is 6.04 Å². The van der Waals surface area contributed by atoms with Gasteiger partial charge in [-0.2, -0.15) is 5.10 Å². The molecule has 2 aromatic rings. The normalized spacial score (nSPS) is 12.6. The first-order chi connectivity index (χ1) is 8.63. The second kappa shape index (κ2) is 5.51. The van der Waals surface area contributed by atoms with Crippen LogP contribution in [0.1, 0.15) is 17.2 Å². The number of aryl methyl sites for hydroxylation is 1. The van der Waals surface area contributed by atoms with Gasteiger partial charge >= 0.3 is 0 Å². The maximum absolute atomic E-state index is 5.96. The van der Waals surface area contributed by atoms with Crippen LogP contribution in [0.15, 0.2) is 34.9 Å². The molecule has 0 amide bonds. The van der Waals surface area contributed by atoms with Crippen molar-refractivity contribution < 1.29 is 0 Å². The Morgan fingerprint density at radius 3 is 2.72 bits per heavy atom. The molecule has 96 valence electrons. The third-order valence-electron chi connectivity index (χ3n) is 2.97. The Kier molecular flexibility index (Phi) is 4.00. The van der Waals surface area contributed by atoms with Crippen molar-refractivity contribution in [2.45, 2.75) is 12.5 Å². The van der Waals surface area contributed by atoms with Gasteiger partial charge < -0.3 is 5.73 Å². The van der Waals surface area contributed by atoms with Crippen molar-refractivity contribution in [2.24, 2.45) is 12.9 Å². The molecule has 1 heterocycles. The summed E-state index contributed by atoms with van der Waals surface area (Å²) in [5, 5.41) is 4.13. The molecular weight excluding hydrogens is 294 g/mol. The van der Waals surface area contributed by atoms with Crippen LogP contribution in [-0.2, 0) is 13.5 Å². The number of rotatable bonds is 4. The fraction of sp³-hybridized carbons (Fsp3) is 0.250. The average molecular weight is 310 g/mol. The molecule has 0 spiro atoms. The summed E-state index contributed by atoms with van der Waals surface area (Å²) in [4.78, 5) is 0. The zero-order valence-electron chi connectivity index (χ0n) is 10.1. The van der Waals surface area contributed by atoms with Gasteiger partial charge in [-0.1, -0.05) is 34.1 Å². The average Bonchev–Trinajstić information content (AvgIpc) is 2.70. The summed E-state index contributed by atoms with van der Waals surface area (Å²) in [6.07, 6.45) is 2.49. The quantitative estimate of drug-likeness (QED) is 0.590. The molecule has 0 saturated heterocycles. The minimum atomic E-state index is -0.0580. The molecule has 0 radical (unpaired) electrons. The number of hydrogen-bond donors (Lipinski definition) is 3. The van der Waals surface area contributed by atoms with Crippen molar-refractivity contribution in [2.75, 3.05) is 5.73 Å². The first-order valence-corrected chi connectivity index (χ1v) is 6.39. The van der Waals surface area contributed by atoms with Crippen molar-refractivity contribution in [3.05, 3.63) is 46.1 Å². The standard InChI is InChI=1S/C12H16BrN5/c1-18-12(14)9(7-16-18)11(17-15)6-8-4-2-3-5-10(8)13/h2-5,7,11,17H,6,14-15H2,1H3. The maximum atomic E-state index is 5.96. The number of nitrogens with zero attached hydrogens (tertiary/aromatic N) is 2. The molecule has 5 nitrogen and oxygen atoms in total. The van der Waals surface area contributed by atoms with E-state index >= 15 is 0 Å². The summed E-state index contributed by atoms with van der Waals surface area (Å²) in [5.74, 6) is 6.25. The zero-order valence-corrected chi connectivity index (χ0v) is 11.7. The number of hydrogen-bond acceptors (Lipinski definition) is 4. The van der Waals surface area contributed by atoms with Crippen LogP contribution < -0.4 is 17.0 Å². The van der Waals surface area contributed by atoms with Gasteiger partial charge in [0.2, 0.25) is 0 Å². The Morgan fingerprint density at radius 1 is 1.44 bits per heavy atom. The minimum Gasteiger partial charge on any atom is -0.384 e. The molecule has 2 rings (SSSR count). The summed E-state index contributed by atoms with van der Waals surface area (Å²) >= 11 is 3.53. The number of nitrogens with one attached hydrogen (secondary N) is 1. The largest absolute Gasteiger partial charge is 0.384 e. The third kappa shape index (κ3) is 2.55. The molecule has 1 atom stereocenters. The molecule has 1 unspecified atom stereocenters. The fourth-order valence-corrected chi connectivity index (χ4v) is 2.32. The van der Waals surface area contributed by atoms with E-state index < -0.39 is 0 Å². The second-order valence-electron chi connectivity index (χ2n) is 4.12. The lowest BCUT2D eigenvalue weighted by atomic mass is 10.0. The molecule has 0 fully saturated rings. The van der Waals surface area contributed by atoms with Gasteiger partial charge in [-0.25, -0.2) is 0 Å². The molecule has 0 aliphatic rings. The van der Waals surface area contributed by atoms with Crippen molar-refractivity contribution in [3.63, 3.8) is 0 Å². The highest BCUT2D eigenvalue weighted by atomic mass is 79.9. The van der Waals surface area contributed by atoms with Crippen molar-refractivity contribution in [1.29, 1.82) is 0 Å². The van der Waals surface area contributed by atoms with Crippen molar-refractivity contribution in [1.82, 2.24) is 15.2 Å². The number of benzene rings is 1. The maximum Gasteiger partial charge on any atom is 0.126 e. The van der Waals surface area contributed by atoms with Crippen LogP contribution in [0.3, 0.4) is 0 Å². The molecule has 0 bridgehead atoms. The van der Waals surface area contributed by atoms with Gasteiger partial charge in [0.15, 0.2) is 0 Å². The first kappa shape index (κ1) is 13.1. The summed E-state index contributed by atoms with van der Waals surface area (Å²) in [7, 11) is 1.81. The van der Waals surface area contributed by atoms with Crippen LogP contribution in [0.4, 0.5) is 5.82 Å². The molecular formula is C12H16BrN5. The van der Waals surface area contributed by atoms with Crippen molar-refractivity contribution in [3.8, 4) is 0 Å². The minimum absolute atomic E-state index is 0.0580. The van der Waals surface area contributed by atoms with Gasteiger partial charge in [0.1, 0.15) is 5.82 Å². The van der Waals surface area contributed by atoms with Crippen LogP contribution in [0.25, 0.3) is 0 Å². The van der Waals surface area contributed by atoms with E-state index in [0.717, 1.165) is 16.5 Å². The van der Waals surface area contributed by atoms with E-state index in [1.807, 2.05) is 25.2 Å². The summed E-state index contributed by atoms with van der Waals surface area (Å²) in [6, 6.07) is 7.99. The SMILES string of the molecule is Cn1ncc(C(Cc2ccccc2Br)NN)c1N. The number of aromatic nitrogens is 2. The Balaban J connectivity index is 2.25. The van der Waals surface area contributed by atoms with E-state index in [1.54, 1.807) is 10.9 Å². The van der Waals surface area contributed by atoms with E-state index in [2.05, 4.69) is 32.5 Å². The number of halogens is 1. The highest BCUT2D eigenvalue weighted by Crippen LogP contribution is 2.26. The summed E-state index contributed by atoms with van der Waals surface area (Å²) in [5.41, 5.74) is 10.8. The predicted octanol–water partition coefficient (Wildman–Crippen LogP) is 1.51. The smallest absolute Gasteiger partial charge is 0.126 e. The van der Waals surface area contributed by atoms with Gasteiger partial charge in [-0.3, -0.25) is 16.0 Å². The lowest BCUT2D eigenvalue weighted by Gasteiger charge is -2.16. The molecule has 0 aliphatic carbocycles. The van der Waals surface area contributed by atoms with E-state index in [4.69, 9.17) is 11.6 Å². The van der Waals surface area contributed by atoms with Crippen molar-refractivity contribution >= 4 is 21.7 Å². The molecule has 18 heavy (non-hydrogen) atoms. The highest BCUT2D eigenvalue weighted by molar-refractivity contribution is 9.10. The van der Waals surface area contributed by atoms with Gasteiger partial charge in [-0.15, -0.1) is 0 Å². The molecule has 1 aromatic heterocycles. The molecule has 1 aromatic carbocycles. The van der Waals surface area contributed by atoms with Gasteiger partial charge in [0.25, 0.3) is 0 Å². The first-order valence-electron chi connectivity index (χ1n) is 5.60. The lowest BCUT2D eigenvalue weighted by molar-refractivity contribution is 0.552. The molecule has 5 N–H and O–H groups in total.